The average Bonchev–Trinajstić information content (AvgIpc) is 3.37. The lowest BCUT2D eigenvalue weighted by Crippen LogP contribution is -2.65. The summed E-state index contributed by atoms with van der Waals surface area (Å²) in [5, 5.41) is 1.98. The van der Waals surface area contributed by atoms with Crippen molar-refractivity contribution < 1.29 is 13.0 Å². The maximum atomic E-state index is 15.7. The van der Waals surface area contributed by atoms with Gasteiger partial charge in [0.15, 0.2) is 0 Å². The van der Waals surface area contributed by atoms with Crippen molar-refractivity contribution in [2.24, 2.45) is 0 Å². The molecule has 4 heterocycles. The molecule has 4 nitrogen and oxygen atoms in total. The van der Waals surface area contributed by atoms with Crippen LogP contribution in [-0.4, -0.2) is 28.3 Å². The molecule has 0 radical (unpaired) electrons. The molecule has 0 fully saturated rings. The van der Waals surface area contributed by atoms with Crippen molar-refractivity contribution in [1.29, 1.82) is 0 Å². The van der Waals surface area contributed by atoms with E-state index in [1.807, 2.05) is 40.9 Å². The van der Waals surface area contributed by atoms with E-state index in [0.29, 0.717) is 5.69 Å². The van der Waals surface area contributed by atoms with Crippen LogP contribution in [0.25, 0.3) is 22.7 Å². The molecule has 222 valence electrons. The fourth-order valence-electron chi connectivity index (χ4n) is 8.94. The topological polar surface area (TPSA) is 31.1 Å². The Hall–Kier alpha value is -4.88. The van der Waals surface area contributed by atoms with Crippen LogP contribution in [0.4, 0.5) is 8.78 Å². The summed E-state index contributed by atoms with van der Waals surface area (Å²) in [5.74, 6) is -1.18. The van der Waals surface area contributed by atoms with Gasteiger partial charge in [-0.3, -0.25) is 4.90 Å². The lowest BCUT2D eigenvalue weighted by molar-refractivity contribution is -0.562. The number of hydrogen-bond acceptors (Lipinski definition) is 2. The number of fused-ring (bicyclic) bond motifs is 6. The van der Waals surface area contributed by atoms with Crippen LogP contribution in [-0.2, 0) is 0 Å². The molecule has 0 spiro atoms. The molecule has 7 heteroatoms. The van der Waals surface area contributed by atoms with E-state index in [-0.39, 0.29) is 29.3 Å². The molecule has 3 aliphatic carbocycles. The minimum atomic E-state index is -0.716. The fraction of sp³-hybridized carbons (Fsp3) is 0.179. The molecule has 3 aliphatic heterocycles. The van der Waals surface area contributed by atoms with E-state index in [0.717, 1.165) is 55.2 Å². The van der Waals surface area contributed by atoms with E-state index in [2.05, 4.69) is 67.3 Å². The van der Waals surface area contributed by atoms with E-state index < -0.39 is 18.3 Å². The SMILES string of the molecule is CC1=CC2=[n+]3c4c5c(ccc6c5n(c3=O)-c3cc(C)c(C)cc3B6c3c(F)cccc3F)=CC3=C5C=CC=CC5N(C2C=C1C)C34. The summed E-state index contributed by atoms with van der Waals surface area (Å²) in [5.41, 5.74) is 11.4. The third-order valence-electron chi connectivity index (χ3n) is 11.2. The smallest absolute Gasteiger partial charge is 0.265 e. The second kappa shape index (κ2) is 8.68. The molecule has 10 rings (SSSR count). The Labute approximate surface area is 264 Å². The maximum Gasteiger partial charge on any atom is 0.508 e. The lowest BCUT2D eigenvalue weighted by Gasteiger charge is -2.41. The Morgan fingerprint density at radius 2 is 1.63 bits per heavy atom. The zero-order valence-electron chi connectivity index (χ0n) is 25.9. The minimum Gasteiger partial charge on any atom is -0.265 e. The third-order valence-corrected chi connectivity index (χ3v) is 11.2. The first-order valence-corrected chi connectivity index (χ1v) is 15.9. The van der Waals surface area contributed by atoms with Gasteiger partial charge in [0.2, 0.25) is 0 Å². The van der Waals surface area contributed by atoms with Gasteiger partial charge in [0.1, 0.15) is 40.3 Å². The molecule has 46 heavy (non-hydrogen) atoms. The first-order valence-electron chi connectivity index (χ1n) is 15.9. The zero-order valence-corrected chi connectivity index (χ0v) is 25.9. The van der Waals surface area contributed by atoms with Gasteiger partial charge in [0.05, 0.1) is 17.5 Å². The highest BCUT2D eigenvalue weighted by Crippen LogP contribution is 2.49. The molecular weight excluding hydrogens is 575 g/mol. The van der Waals surface area contributed by atoms with Crippen LogP contribution in [0.15, 0.2) is 106 Å². The van der Waals surface area contributed by atoms with Gasteiger partial charge in [0, 0.05) is 5.46 Å². The molecule has 3 unspecified atom stereocenters. The number of aryl methyl sites for hydroxylation is 2. The fourth-order valence-corrected chi connectivity index (χ4v) is 8.94. The van der Waals surface area contributed by atoms with Crippen LogP contribution in [0.3, 0.4) is 0 Å². The lowest BCUT2D eigenvalue weighted by atomic mass is 9.35. The van der Waals surface area contributed by atoms with Crippen molar-refractivity contribution in [3.8, 4) is 5.69 Å². The quantitative estimate of drug-likeness (QED) is 0.217. The molecule has 6 aliphatic rings. The van der Waals surface area contributed by atoms with Crippen LogP contribution >= 0.6 is 0 Å². The summed E-state index contributed by atoms with van der Waals surface area (Å²) in [6.45, 7) is 7.56. The average molecular weight is 604 g/mol. The number of aromatic nitrogens is 2. The molecule has 4 aromatic rings. The molecule has 0 N–H and O–H groups in total. The highest BCUT2D eigenvalue weighted by Gasteiger charge is 2.53. The molecule has 1 aromatic heterocycles. The van der Waals surface area contributed by atoms with Crippen molar-refractivity contribution in [1.82, 2.24) is 9.47 Å². The van der Waals surface area contributed by atoms with Gasteiger partial charge in [0.25, 0.3) is 6.71 Å². The van der Waals surface area contributed by atoms with Gasteiger partial charge < -0.3 is 0 Å². The molecule has 0 amide bonds. The Balaban J connectivity index is 1.46. The molecule has 0 saturated carbocycles. The van der Waals surface area contributed by atoms with E-state index >= 15 is 13.6 Å². The van der Waals surface area contributed by atoms with E-state index in [9.17, 15) is 0 Å². The molecule has 3 aromatic carbocycles. The standard InChI is InChI=1S/C39H29BF2N3O/c1-19-14-27-31(15-20(19)2)44-37-26(40(27)35-28(41)9-7-10-29(35)42)13-12-23-18-25-24-8-5-6-11-30(24)43-32-16-21(3)22(4)17-33(32)45(39(44)46)38(34(23)37)36(25)43/h5-18,30,32,36H,1-4H3/q+1. The van der Waals surface area contributed by atoms with Gasteiger partial charge in [-0.2, -0.15) is 13.6 Å². The summed E-state index contributed by atoms with van der Waals surface area (Å²) >= 11 is 0. The van der Waals surface area contributed by atoms with Crippen LogP contribution < -0.4 is 31.5 Å². The Morgan fingerprint density at radius 1 is 0.848 bits per heavy atom. The normalized spacial score (nSPS) is 22.9. The van der Waals surface area contributed by atoms with Crippen molar-refractivity contribution in [3.63, 3.8) is 0 Å². The summed E-state index contributed by atoms with van der Waals surface area (Å²) in [6, 6.07) is 12.0. The number of halogens is 2. The minimum absolute atomic E-state index is 0.0126. The molecule has 0 saturated heterocycles. The molecule has 0 bridgehead atoms. The summed E-state index contributed by atoms with van der Waals surface area (Å²) < 4.78 is 35.3. The van der Waals surface area contributed by atoms with Gasteiger partial charge >= 0.3 is 5.69 Å². The van der Waals surface area contributed by atoms with Crippen LogP contribution in [0, 0.1) is 31.2 Å². The largest absolute Gasteiger partial charge is 0.508 e. The Kier molecular flexibility index (Phi) is 4.97. The second-order valence-electron chi connectivity index (χ2n) is 13.5. The van der Waals surface area contributed by atoms with Crippen LogP contribution in [0.2, 0.25) is 0 Å². The Morgan fingerprint density at radius 3 is 2.43 bits per heavy atom. The first kappa shape index (κ1) is 26.4. The monoisotopic (exact) mass is 604 g/mol. The van der Waals surface area contributed by atoms with Crippen molar-refractivity contribution in [2.75, 3.05) is 0 Å². The van der Waals surface area contributed by atoms with Gasteiger partial charge in [-0.15, -0.1) is 0 Å². The third kappa shape index (κ3) is 3.02. The number of nitrogens with zero attached hydrogens (tertiary/aromatic N) is 3. The van der Waals surface area contributed by atoms with Crippen molar-refractivity contribution >= 4 is 40.1 Å². The maximum absolute atomic E-state index is 15.7. The predicted molar refractivity (Wildman–Crippen MR) is 178 cm³/mol. The van der Waals surface area contributed by atoms with Gasteiger partial charge in [-0.1, -0.05) is 60.2 Å². The summed E-state index contributed by atoms with van der Waals surface area (Å²) in [4.78, 5) is 17.8. The summed E-state index contributed by atoms with van der Waals surface area (Å²) in [7, 11) is 0. The van der Waals surface area contributed by atoms with Crippen molar-refractivity contribution in [2.45, 2.75) is 45.8 Å². The molecular formula is C39H29BF2N3O+. The molecule has 3 atom stereocenters. The number of allylic oxidation sites excluding steroid dienone is 4. The predicted octanol–water partition coefficient (Wildman–Crippen LogP) is 3.61. The van der Waals surface area contributed by atoms with E-state index in [1.165, 1.54) is 34.9 Å². The number of benzene rings is 3. The second-order valence-corrected chi connectivity index (χ2v) is 13.5. The Bertz CT molecular complexity index is 2530. The van der Waals surface area contributed by atoms with Crippen LogP contribution in [0.1, 0.15) is 36.7 Å². The van der Waals surface area contributed by atoms with E-state index in [1.54, 1.807) is 0 Å². The zero-order chi connectivity index (χ0) is 31.3. The van der Waals surface area contributed by atoms with E-state index in [4.69, 9.17) is 0 Å². The number of hydrogen-bond donors (Lipinski definition) is 0. The highest BCUT2D eigenvalue weighted by atomic mass is 19.1. The van der Waals surface area contributed by atoms with Gasteiger partial charge in [-0.25, -0.2) is 8.78 Å². The first-order chi connectivity index (χ1) is 22.2. The number of rotatable bonds is 1. The van der Waals surface area contributed by atoms with Crippen molar-refractivity contribution in [3.05, 3.63) is 151 Å². The highest BCUT2D eigenvalue weighted by molar-refractivity contribution is 6.98. The van der Waals surface area contributed by atoms with Crippen LogP contribution in [0.5, 0.6) is 0 Å². The summed E-state index contributed by atoms with van der Waals surface area (Å²) in [6.07, 6.45) is 15.4. The van der Waals surface area contributed by atoms with Gasteiger partial charge in [-0.05, 0) is 102 Å².